The van der Waals surface area contributed by atoms with Crippen molar-refractivity contribution in [3.63, 3.8) is 0 Å². The number of aromatic nitrogens is 1. The van der Waals surface area contributed by atoms with Crippen LogP contribution in [0.2, 0.25) is 0 Å². The van der Waals surface area contributed by atoms with Gasteiger partial charge in [0.05, 0.1) is 0 Å². The molecule has 0 aromatic carbocycles. The molecule has 1 rings (SSSR count). The summed E-state index contributed by atoms with van der Waals surface area (Å²) >= 11 is 4.92. The van der Waals surface area contributed by atoms with E-state index in [4.69, 9.17) is 5.11 Å². The Kier molecular flexibility index (Phi) is 6.20. The molecule has 0 fully saturated rings. The molecule has 0 saturated heterocycles. The quantitative estimate of drug-likeness (QED) is 0.812. The van der Waals surface area contributed by atoms with Crippen molar-refractivity contribution in [2.75, 3.05) is 18.5 Å². The fraction of sp³-hybridized carbons (Fsp3) is 0.700. The van der Waals surface area contributed by atoms with Gasteiger partial charge in [0.25, 0.3) is 0 Å². The lowest BCUT2D eigenvalue weighted by atomic mass is 10.0. The summed E-state index contributed by atoms with van der Waals surface area (Å²) in [5, 5.41) is 15.1. The van der Waals surface area contributed by atoms with Crippen LogP contribution in [-0.4, -0.2) is 23.2 Å². The van der Waals surface area contributed by atoms with Crippen LogP contribution in [-0.2, 0) is 0 Å². The van der Waals surface area contributed by atoms with Crippen LogP contribution in [0.25, 0.3) is 0 Å². The third kappa shape index (κ3) is 4.95. The maximum atomic E-state index is 8.92. The summed E-state index contributed by atoms with van der Waals surface area (Å²) in [7, 11) is 0. The van der Waals surface area contributed by atoms with Gasteiger partial charge in [-0.2, -0.15) is 0 Å². The Labute approximate surface area is 103 Å². The van der Waals surface area contributed by atoms with Gasteiger partial charge in [0.2, 0.25) is 0 Å². The molecule has 15 heavy (non-hydrogen) atoms. The maximum Gasteiger partial charge on any atom is 0.183 e. The highest BCUT2D eigenvalue weighted by atomic mass is 79.9. The molecular formula is C10H17BrN2OS. The number of thiazole rings is 1. The first-order chi connectivity index (χ1) is 7.26. The topological polar surface area (TPSA) is 45.1 Å². The Morgan fingerprint density at radius 2 is 2.40 bits per heavy atom. The average Bonchev–Trinajstić information content (AvgIpc) is 2.61. The summed E-state index contributed by atoms with van der Waals surface area (Å²) in [6.45, 7) is 3.34. The first-order valence-corrected chi connectivity index (χ1v) is 6.89. The van der Waals surface area contributed by atoms with Gasteiger partial charge in [-0.15, -0.1) is 11.3 Å². The highest BCUT2D eigenvalue weighted by molar-refractivity contribution is 9.10. The van der Waals surface area contributed by atoms with E-state index in [9.17, 15) is 0 Å². The molecule has 5 heteroatoms. The van der Waals surface area contributed by atoms with E-state index >= 15 is 0 Å². The molecule has 86 valence electrons. The van der Waals surface area contributed by atoms with Crippen LogP contribution >= 0.6 is 27.3 Å². The molecule has 0 amide bonds. The van der Waals surface area contributed by atoms with Crippen LogP contribution < -0.4 is 5.32 Å². The largest absolute Gasteiger partial charge is 0.396 e. The number of aliphatic hydroxyl groups is 1. The molecule has 1 atom stereocenters. The van der Waals surface area contributed by atoms with Crippen molar-refractivity contribution in [1.29, 1.82) is 0 Å². The second kappa shape index (κ2) is 7.19. The molecule has 1 aromatic heterocycles. The summed E-state index contributed by atoms with van der Waals surface area (Å²) in [6, 6.07) is 0. The fourth-order valence-corrected chi connectivity index (χ4v) is 2.66. The Morgan fingerprint density at radius 3 is 2.93 bits per heavy atom. The van der Waals surface area contributed by atoms with Crippen molar-refractivity contribution >= 4 is 32.4 Å². The molecule has 0 saturated carbocycles. The van der Waals surface area contributed by atoms with Gasteiger partial charge in [0.1, 0.15) is 4.60 Å². The number of hydrogen-bond donors (Lipinski definition) is 2. The van der Waals surface area contributed by atoms with E-state index in [0.29, 0.717) is 5.92 Å². The molecule has 0 aliphatic carbocycles. The zero-order valence-electron chi connectivity index (χ0n) is 8.87. The lowest BCUT2D eigenvalue weighted by molar-refractivity contribution is 0.255. The first-order valence-electron chi connectivity index (χ1n) is 5.22. The molecule has 1 aromatic rings. The van der Waals surface area contributed by atoms with E-state index < -0.39 is 0 Å². The predicted molar refractivity (Wildman–Crippen MR) is 68.4 cm³/mol. The van der Waals surface area contributed by atoms with Gasteiger partial charge in [-0.05, 0) is 34.7 Å². The molecule has 0 radical (unpaired) electrons. The van der Waals surface area contributed by atoms with Crippen molar-refractivity contribution < 1.29 is 5.11 Å². The Hall–Kier alpha value is -0.130. The molecule has 0 aliphatic heterocycles. The summed E-state index contributed by atoms with van der Waals surface area (Å²) in [5.74, 6) is 0.544. The van der Waals surface area contributed by atoms with Crippen LogP contribution in [0.1, 0.15) is 26.2 Å². The van der Waals surface area contributed by atoms with Crippen LogP contribution in [0, 0.1) is 5.92 Å². The molecular weight excluding hydrogens is 276 g/mol. The smallest absolute Gasteiger partial charge is 0.183 e. The number of rotatable bonds is 7. The first kappa shape index (κ1) is 12.9. The van der Waals surface area contributed by atoms with E-state index in [1.807, 2.05) is 5.38 Å². The molecule has 3 nitrogen and oxygen atoms in total. The molecule has 1 heterocycles. The van der Waals surface area contributed by atoms with Gasteiger partial charge in [-0.1, -0.05) is 13.3 Å². The van der Waals surface area contributed by atoms with Crippen molar-refractivity contribution in [3.8, 4) is 0 Å². The number of hydrogen-bond acceptors (Lipinski definition) is 4. The number of aliphatic hydroxyl groups excluding tert-OH is 1. The number of nitrogens with zero attached hydrogens (tertiary/aromatic N) is 1. The number of halogens is 1. The van der Waals surface area contributed by atoms with E-state index in [2.05, 4.69) is 33.2 Å². The van der Waals surface area contributed by atoms with Gasteiger partial charge in [0.15, 0.2) is 5.13 Å². The Bertz CT molecular complexity index is 274. The molecule has 0 spiro atoms. The highest BCUT2D eigenvalue weighted by Gasteiger charge is 2.07. The number of anilines is 1. The molecule has 0 bridgehead atoms. The van der Waals surface area contributed by atoms with Gasteiger partial charge < -0.3 is 10.4 Å². The maximum absolute atomic E-state index is 8.92. The van der Waals surface area contributed by atoms with Gasteiger partial charge >= 0.3 is 0 Å². The second-order valence-electron chi connectivity index (χ2n) is 3.52. The minimum atomic E-state index is 0.272. The fourth-order valence-electron chi connectivity index (χ4n) is 1.51. The SMILES string of the molecule is CCCC(CCO)CNc1nc(Br)cs1. The van der Waals surface area contributed by atoms with E-state index in [0.717, 1.165) is 35.5 Å². The Morgan fingerprint density at radius 1 is 1.60 bits per heavy atom. The highest BCUT2D eigenvalue weighted by Crippen LogP contribution is 2.20. The lowest BCUT2D eigenvalue weighted by Gasteiger charge is -2.14. The lowest BCUT2D eigenvalue weighted by Crippen LogP contribution is -2.15. The van der Waals surface area contributed by atoms with E-state index in [1.54, 1.807) is 11.3 Å². The third-order valence-electron chi connectivity index (χ3n) is 2.25. The van der Waals surface area contributed by atoms with Gasteiger partial charge in [-0.3, -0.25) is 0 Å². The summed E-state index contributed by atoms with van der Waals surface area (Å²) in [4.78, 5) is 4.26. The summed E-state index contributed by atoms with van der Waals surface area (Å²) in [6.07, 6.45) is 3.18. The van der Waals surface area contributed by atoms with Crippen molar-refractivity contribution in [3.05, 3.63) is 9.98 Å². The van der Waals surface area contributed by atoms with Crippen molar-refractivity contribution in [2.24, 2.45) is 5.92 Å². The van der Waals surface area contributed by atoms with E-state index in [1.165, 1.54) is 0 Å². The van der Waals surface area contributed by atoms with Crippen LogP contribution in [0.5, 0.6) is 0 Å². The van der Waals surface area contributed by atoms with Crippen molar-refractivity contribution in [2.45, 2.75) is 26.2 Å². The van der Waals surface area contributed by atoms with Crippen molar-refractivity contribution in [1.82, 2.24) is 4.98 Å². The Balaban J connectivity index is 2.32. The summed E-state index contributed by atoms with van der Waals surface area (Å²) < 4.78 is 0.879. The predicted octanol–water partition coefficient (Wildman–Crippen LogP) is 3.12. The molecule has 1 unspecified atom stereocenters. The zero-order valence-corrected chi connectivity index (χ0v) is 11.3. The number of nitrogens with one attached hydrogen (secondary N) is 1. The van der Waals surface area contributed by atoms with Gasteiger partial charge in [-0.25, -0.2) is 4.98 Å². The van der Waals surface area contributed by atoms with Crippen LogP contribution in [0.3, 0.4) is 0 Å². The molecule has 0 aliphatic rings. The minimum Gasteiger partial charge on any atom is -0.396 e. The standard InChI is InChI=1S/C10H17BrN2OS/c1-2-3-8(4-5-14)6-12-10-13-9(11)7-15-10/h7-8,14H,2-6H2,1H3,(H,12,13). The second-order valence-corrected chi connectivity index (χ2v) is 5.19. The zero-order chi connectivity index (χ0) is 11.1. The normalized spacial score (nSPS) is 12.7. The average molecular weight is 293 g/mol. The summed E-state index contributed by atoms with van der Waals surface area (Å²) in [5.41, 5.74) is 0. The minimum absolute atomic E-state index is 0.272. The monoisotopic (exact) mass is 292 g/mol. The molecule has 2 N–H and O–H groups in total. The van der Waals surface area contributed by atoms with Gasteiger partial charge in [0, 0.05) is 18.5 Å². The van der Waals surface area contributed by atoms with Crippen LogP contribution in [0.4, 0.5) is 5.13 Å². The van der Waals surface area contributed by atoms with Crippen LogP contribution in [0.15, 0.2) is 9.98 Å². The van der Waals surface area contributed by atoms with E-state index in [-0.39, 0.29) is 6.61 Å². The third-order valence-corrected chi connectivity index (χ3v) is 3.76.